The topological polar surface area (TPSA) is 75.7 Å². The van der Waals surface area contributed by atoms with Gasteiger partial charge in [-0.2, -0.15) is 0 Å². The summed E-state index contributed by atoms with van der Waals surface area (Å²) < 4.78 is 5.57. The lowest BCUT2D eigenvalue weighted by Gasteiger charge is -2.13. The molecule has 0 unspecified atom stereocenters. The molecule has 0 atom stereocenters. The van der Waals surface area contributed by atoms with Crippen molar-refractivity contribution in [3.8, 4) is 5.75 Å². The van der Waals surface area contributed by atoms with Crippen LogP contribution in [0.2, 0.25) is 0 Å². The lowest BCUT2D eigenvalue weighted by atomic mass is 10.1. The van der Waals surface area contributed by atoms with Crippen LogP contribution in [0.15, 0.2) is 95.9 Å². The number of amides is 3. The van der Waals surface area contributed by atoms with Crippen molar-refractivity contribution < 1.29 is 19.1 Å². The molecule has 5 rings (SSSR count). The number of nitrogens with one attached hydrogen (secondary N) is 1. The third kappa shape index (κ3) is 5.90. The first kappa shape index (κ1) is 24.3. The minimum atomic E-state index is -0.309. The molecule has 3 amide bonds. The van der Waals surface area contributed by atoms with E-state index in [2.05, 4.69) is 5.32 Å². The molecule has 1 N–H and O–H groups in total. The number of nitrogens with zero attached hydrogens (tertiary/aromatic N) is 1. The zero-order chi connectivity index (χ0) is 25.8. The number of fused-ring (bicyclic) bond motifs is 1. The predicted octanol–water partition coefficient (Wildman–Crippen LogP) is 6.40. The van der Waals surface area contributed by atoms with E-state index < -0.39 is 0 Å². The Kier molecular flexibility index (Phi) is 7.05. The molecule has 0 aliphatic carbocycles. The van der Waals surface area contributed by atoms with Gasteiger partial charge in [0.1, 0.15) is 5.75 Å². The van der Waals surface area contributed by atoms with Crippen molar-refractivity contribution in [2.45, 2.75) is 13.5 Å². The van der Waals surface area contributed by atoms with Gasteiger partial charge in [0, 0.05) is 5.69 Å². The largest absolute Gasteiger partial charge is 0.484 e. The second-order valence-electron chi connectivity index (χ2n) is 8.72. The Morgan fingerprint density at radius 3 is 2.41 bits per heavy atom. The van der Waals surface area contributed by atoms with E-state index >= 15 is 0 Å². The molecule has 6 nitrogen and oxygen atoms in total. The Balaban J connectivity index is 1.19. The number of carbonyl (C=O) groups excluding carboxylic acids is 3. The number of rotatable bonds is 7. The number of imide groups is 1. The summed E-state index contributed by atoms with van der Waals surface area (Å²) in [4.78, 5) is 39.3. The number of aryl methyl sites for hydroxylation is 1. The fourth-order valence-electron chi connectivity index (χ4n) is 3.95. The van der Waals surface area contributed by atoms with Crippen molar-refractivity contribution >= 4 is 51.4 Å². The molecular weight excluding hydrogens is 484 g/mol. The molecule has 1 aliphatic rings. The summed E-state index contributed by atoms with van der Waals surface area (Å²) in [6, 6.07) is 28.5. The van der Waals surface area contributed by atoms with Gasteiger partial charge in [-0.15, -0.1) is 0 Å². The molecule has 1 aliphatic heterocycles. The van der Waals surface area contributed by atoms with Crippen LogP contribution in [0.4, 0.5) is 10.5 Å². The third-order valence-corrected chi connectivity index (χ3v) is 6.82. The van der Waals surface area contributed by atoms with Crippen molar-refractivity contribution in [3.05, 3.63) is 113 Å². The lowest BCUT2D eigenvalue weighted by Crippen LogP contribution is -2.27. The highest BCUT2D eigenvalue weighted by Gasteiger charge is 2.35. The monoisotopic (exact) mass is 508 g/mol. The highest BCUT2D eigenvalue weighted by molar-refractivity contribution is 8.18. The maximum absolute atomic E-state index is 12.9. The standard InChI is InChI=1S/C30H24N2O4S/c1-20-6-12-25(13-7-20)31-28(33)19-36-26-14-9-21(10-15-26)17-27-29(34)32(30(35)37-27)18-22-8-11-23-4-2-3-5-24(23)16-22/h2-17H,18-19H2,1H3,(H,31,33)/b27-17-. The molecule has 4 aromatic carbocycles. The highest BCUT2D eigenvalue weighted by Crippen LogP contribution is 2.34. The van der Waals surface area contributed by atoms with Gasteiger partial charge in [0.25, 0.3) is 17.1 Å². The third-order valence-electron chi connectivity index (χ3n) is 5.91. The van der Waals surface area contributed by atoms with E-state index in [0.29, 0.717) is 16.3 Å². The number of thioether (sulfide) groups is 1. The van der Waals surface area contributed by atoms with Crippen LogP contribution in [-0.4, -0.2) is 28.6 Å². The normalized spacial score (nSPS) is 14.4. The molecule has 0 radical (unpaired) electrons. The minimum Gasteiger partial charge on any atom is -0.484 e. The van der Waals surface area contributed by atoms with Crippen molar-refractivity contribution in [2.75, 3.05) is 11.9 Å². The highest BCUT2D eigenvalue weighted by atomic mass is 32.2. The molecule has 0 aromatic heterocycles. The van der Waals surface area contributed by atoms with Crippen LogP contribution in [0.1, 0.15) is 16.7 Å². The number of benzene rings is 4. The van der Waals surface area contributed by atoms with Gasteiger partial charge in [0.05, 0.1) is 11.4 Å². The summed E-state index contributed by atoms with van der Waals surface area (Å²) in [6.07, 6.45) is 1.69. The molecule has 1 saturated heterocycles. The van der Waals surface area contributed by atoms with E-state index in [1.54, 1.807) is 30.3 Å². The Labute approximate surface area is 218 Å². The van der Waals surface area contributed by atoms with Gasteiger partial charge in [0.2, 0.25) is 0 Å². The van der Waals surface area contributed by atoms with E-state index in [4.69, 9.17) is 4.74 Å². The van der Waals surface area contributed by atoms with E-state index in [-0.39, 0.29) is 30.2 Å². The molecule has 7 heteroatoms. The van der Waals surface area contributed by atoms with Crippen LogP contribution in [-0.2, 0) is 16.1 Å². The van der Waals surface area contributed by atoms with Crippen molar-refractivity contribution in [1.29, 1.82) is 0 Å². The number of carbonyl (C=O) groups is 3. The molecule has 0 saturated carbocycles. The second-order valence-corrected chi connectivity index (χ2v) is 9.71. The van der Waals surface area contributed by atoms with Gasteiger partial charge in [-0.3, -0.25) is 19.3 Å². The number of hydrogen-bond acceptors (Lipinski definition) is 5. The van der Waals surface area contributed by atoms with Crippen LogP contribution in [0.25, 0.3) is 16.8 Å². The maximum Gasteiger partial charge on any atom is 0.293 e. The fourth-order valence-corrected chi connectivity index (χ4v) is 4.79. The minimum absolute atomic E-state index is 0.124. The van der Waals surface area contributed by atoms with E-state index in [9.17, 15) is 14.4 Å². The van der Waals surface area contributed by atoms with Crippen LogP contribution in [0, 0.1) is 6.92 Å². The smallest absolute Gasteiger partial charge is 0.293 e. The first-order chi connectivity index (χ1) is 17.9. The molecule has 1 fully saturated rings. The summed E-state index contributed by atoms with van der Waals surface area (Å²) in [7, 11) is 0. The van der Waals surface area contributed by atoms with Gasteiger partial charge < -0.3 is 10.1 Å². The van der Waals surface area contributed by atoms with E-state index in [0.717, 1.165) is 39.2 Å². The molecule has 37 heavy (non-hydrogen) atoms. The summed E-state index contributed by atoms with van der Waals surface area (Å²) >= 11 is 0.934. The van der Waals surface area contributed by atoms with Gasteiger partial charge in [-0.25, -0.2) is 0 Å². The Hall–Kier alpha value is -4.36. The number of hydrogen-bond donors (Lipinski definition) is 1. The van der Waals surface area contributed by atoms with Gasteiger partial charge in [-0.05, 0) is 77.0 Å². The van der Waals surface area contributed by atoms with Gasteiger partial charge in [-0.1, -0.05) is 66.2 Å². The Morgan fingerprint density at radius 2 is 1.65 bits per heavy atom. The van der Waals surface area contributed by atoms with Crippen LogP contribution >= 0.6 is 11.8 Å². The maximum atomic E-state index is 12.9. The van der Waals surface area contributed by atoms with Crippen LogP contribution < -0.4 is 10.1 Å². The number of anilines is 1. The van der Waals surface area contributed by atoms with Crippen molar-refractivity contribution in [3.63, 3.8) is 0 Å². The molecular formula is C30H24N2O4S. The Morgan fingerprint density at radius 1 is 0.919 bits per heavy atom. The molecule has 0 spiro atoms. The number of ether oxygens (including phenoxy) is 1. The molecule has 4 aromatic rings. The SMILES string of the molecule is Cc1ccc(NC(=O)COc2ccc(/C=C3\SC(=O)N(Cc4ccc5ccccc5c4)C3=O)cc2)cc1. The van der Waals surface area contributed by atoms with E-state index in [1.807, 2.05) is 73.7 Å². The van der Waals surface area contributed by atoms with E-state index in [1.165, 1.54) is 4.90 Å². The Bertz CT molecular complexity index is 1510. The second kappa shape index (κ2) is 10.7. The molecule has 184 valence electrons. The zero-order valence-electron chi connectivity index (χ0n) is 20.1. The summed E-state index contributed by atoms with van der Waals surface area (Å²) in [5.41, 5.74) is 3.48. The predicted molar refractivity (Wildman–Crippen MR) is 147 cm³/mol. The molecule has 0 bridgehead atoms. The van der Waals surface area contributed by atoms with Crippen LogP contribution in [0.5, 0.6) is 5.75 Å². The van der Waals surface area contributed by atoms with Crippen molar-refractivity contribution in [2.24, 2.45) is 0 Å². The fraction of sp³-hybridized carbons (Fsp3) is 0.100. The average Bonchev–Trinajstić information content (AvgIpc) is 3.17. The summed E-state index contributed by atoms with van der Waals surface area (Å²) in [6.45, 7) is 2.08. The lowest BCUT2D eigenvalue weighted by molar-refractivity contribution is -0.123. The quantitative estimate of drug-likeness (QED) is 0.292. The summed E-state index contributed by atoms with van der Waals surface area (Å²) in [5.74, 6) is -0.0371. The van der Waals surface area contributed by atoms with Gasteiger partial charge in [0.15, 0.2) is 6.61 Å². The average molecular weight is 509 g/mol. The summed E-state index contributed by atoms with van der Waals surface area (Å²) in [5, 5.41) is 4.68. The van der Waals surface area contributed by atoms with Crippen LogP contribution in [0.3, 0.4) is 0 Å². The van der Waals surface area contributed by atoms with Crippen molar-refractivity contribution in [1.82, 2.24) is 4.90 Å². The first-order valence-electron chi connectivity index (χ1n) is 11.8. The molecule has 1 heterocycles. The van der Waals surface area contributed by atoms with Gasteiger partial charge >= 0.3 is 0 Å². The first-order valence-corrected chi connectivity index (χ1v) is 12.6. The zero-order valence-corrected chi connectivity index (χ0v) is 21.0.